The lowest BCUT2D eigenvalue weighted by Crippen LogP contribution is -2.31. The van der Waals surface area contributed by atoms with Crippen molar-refractivity contribution in [3.63, 3.8) is 0 Å². The van der Waals surface area contributed by atoms with Crippen LogP contribution in [0.25, 0.3) is 6.08 Å². The zero-order valence-corrected chi connectivity index (χ0v) is 15.8. The smallest absolute Gasteiger partial charge is 0.262 e. The summed E-state index contributed by atoms with van der Waals surface area (Å²) in [6, 6.07) is 13.6. The van der Waals surface area contributed by atoms with Gasteiger partial charge < -0.3 is 19.5 Å². The van der Waals surface area contributed by atoms with E-state index in [-0.39, 0.29) is 18.5 Å². The summed E-state index contributed by atoms with van der Waals surface area (Å²) in [6.07, 6.45) is 5.12. The summed E-state index contributed by atoms with van der Waals surface area (Å²) in [6.45, 7) is 1.85. The predicted molar refractivity (Wildman–Crippen MR) is 105 cm³/mol. The summed E-state index contributed by atoms with van der Waals surface area (Å²) in [5, 5.41) is 2.94. The van der Waals surface area contributed by atoms with Crippen LogP contribution in [0.3, 0.4) is 0 Å². The number of amides is 1. The molecule has 2 heterocycles. The number of hydrogen-bond donors (Lipinski definition) is 1. The van der Waals surface area contributed by atoms with Gasteiger partial charge in [0.15, 0.2) is 12.6 Å². The number of ether oxygens (including phenoxy) is 3. The van der Waals surface area contributed by atoms with Crippen LogP contribution < -0.4 is 10.1 Å². The summed E-state index contributed by atoms with van der Waals surface area (Å²) in [5.74, 6) is 0.698. The van der Waals surface area contributed by atoms with Gasteiger partial charge in [0.25, 0.3) is 5.91 Å². The van der Waals surface area contributed by atoms with Crippen molar-refractivity contribution in [3.05, 3.63) is 70.6 Å². The largest absolute Gasteiger partial charge is 0.497 e. The number of hydrogen-bond acceptors (Lipinski definition) is 5. The van der Waals surface area contributed by atoms with Gasteiger partial charge >= 0.3 is 0 Å². The van der Waals surface area contributed by atoms with Crippen LogP contribution in [-0.2, 0) is 14.3 Å². The molecule has 138 valence electrons. The Labute approximate surface area is 162 Å². The van der Waals surface area contributed by atoms with Crippen LogP contribution >= 0.6 is 11.8 Å². The molecule has 0 unspecified atom stereocenters. The lowest BCUT2D eigenvalue weighted by atomic mass is 10.1. The van der Waals surface area contributed by atoms with Crippen molar-refractivity contribution in [1.29, 1.82) is 0 Å². The van der Waals surface area contributed by atoms with E-state index in [1.54, 1.807) is 7.11 Å². The van der Waals surface area contributed by atoms with Crippen molar-refractivity contribution >= 4 is 29.4 Å². The fraction of sp³-hybridized carbons (Fsp3) is 0.190. The van der Waals surface area contributed by atoms with Gasteiger partial charge in [-0.2, -0.15) is 0 Å². The van der Waals surface area contributed by atoms with Gasteiger partial charge in [-0.15, -0.1) is 0 Å². The van der Waals surface area contributed by atoms with Gasteiger partial charge in [0.05, 0.1) is 17.7 Å². The minimum absolute atomic E-state index is 0.118. The number of thioether (sulfide) groups is 1. The summed E-state index contributed by atoms with van der Waals surface area (Å²) >= 11 is 1.45. The van der Waals surface area contributed by atoms with E-state index >= 15 is 0 Å². The van der Waals surface area contributed by atoms with Crippen LogP contribution in [0.15, 0.2) is 64.4 Å². The van der Waals surface area contributed by atoms with Crippen LogP contribution in [-0.4, -0.2) is 19.3 Å². The highest BCUT2D eigenvalue weighted by atomic mass is 32.2. The Bertz CT molecular complexity index is 914. The highest BCUT2D eigenvalue weighted by Crippen LogP contribution is 2.41. The van der Waals surface area contributed by atoms with Gasteiger partial charge in [0.2, 0.25) is 0 Å². The Kier molecular flexibility index (Phi) is 5.03. The van der Waals surface area contributed by atoms with E-state index in [0.717, 1.165) is 27.5 Å². The monoisotopic (exact) mass is 381 g/mol. The molecule has 2 aromatic rings. The molecule has 1 N–H and O–H groups in total. The van der Waals surface area contributed by atoms with Crippen molar-refractivity contribution < 1.29 is 19.0 Å². The van der Waals surface area contributed by atoms with Crippen LogP contribution in [0, 0.1) is 0 Å². The van der Waals surface area contributed by atoms with Crippen molar-refractivity contribution in [2.75, 3.05) is 12.4 Å². The highest BCUT2D eigenvalue weighted by Gasteiger charge is 2.30. The number of carbonyl (C=O) groups is 1. The van der Waals surface area contributed by atoms with Crippen LogP contribution in [0.1, 0.15) is 24.3 Å². The first-order chi connectivity index (χ1) is 13.1. The average Bonchev–Trinajstić information content (AvgIpc) is 2.66. The molecule has 1 fully saturated rings. The topological polar surface area (TPSA) is 56.8 Å². The Morgan fingerprint density at radius 1 is 1.15 bits per heavy atom. The minimum Gasteiger partial charge on any atom is -0.497 e. The Morgan fingerprint density at radius 3 is 2.63 bits per heavy atom. The van der Waals surface area contributed by atoms with Gasteiger partial charge in [-0.05, 0) is 42.8 Å². The van der Waals surface area contributed by atoms with Gasteiger partial charge in [-0.3, -0.25) is 4.79 Å². The van der Waals surface area contributed by atoms with Crippen LogP contribution in [0.5, 0.6) is 5.75 Å². The minimum atomic E-state index is -0.350. The zero-order chi connectivity index (χ0) is 18.8. The molecule has 27 heavy (non-hydrogen) atoms. The summed E-state index contributed by atoms with van der Waals surface area (Å²) in [5.41, 5.74) is 2.72. The number of methoxy groups -OCH3 is 1. The van der Waals surface area contributed by atoms with E-state index in [0.29, 0.717) is 4.91 Å². The van der Waals surface area contributed by atoms with Crippen molar-refractivity contribution in [2.24, 2.45) is 0 Å². The molecule has 2 aliphatic rings. The van der Waals surface area contributed by atoms with E-state index in [4.69, 9.17) is 14.2 Å². The molecule has 5 nitrogen and oxygen atoms in total. The van der Waals surface area contributed by atoms with E-state index < -0.39 is 0 Å². The zero-order valence-electron chi connectivity index (χ0n) is 15.0. The maximum atomic E-state index is 12.4. The molecule has 6 heteroatoms. The Morgan fingerprint density at radius 2 is 1.93 bits per heavy atom. The van der Waals surface area contributed by atoms with Crippen LogP contribution in [0.4, 0.5) is 5.69 Å². The highest BCUT2D eigenvalue weighted by molar-refractivity contribution is 8.04. The Balaban J connectivity index is 1.47. The molecule has 0 radical (unpaired) electrons. The van der Waals surface area contributed by atoms with Crippen molar-refractivity contribution in [3.8, 4) is 5.75 Å². The number of nitrogens with one attached hydrogen (secondary N) is 1. The fourth-order valence-electron chi connectivity index (χ4n) is 2.82. The maximum absolute atomic E-state index is 12.4. The second-order valence-electron chi connectivity index (χ2n) is 6.15. The van der Waals surface area contributed by atoms with Crippen molar-refractivity contribution in [1.82, 2.24) is 0 Å². The second kappa shape index (κ2) is 7.60. The first-order valence-electron chi connectivity index (χ1n) is 8.59. The van der Waals surface area contributed by atoms with Gasteiger partial charge in [-0.25, -0.2) is 0 Å². The molecule has 2 aromatic carbocycles. The molecule has 2 aliphatic heterocycles. The van der Waals surface area contributed by atoms with E-state index in [1.165, 1.54) is 11.8 Å². The Hall–Kier alpha value is -2.54. The molecule has 1 amide bonds. The molecule has 0 atom stereocenters. The molecule has 1 saturated heterocycles. The molecule has 0 bridgehead atoms. The molecule has 0 aliphatic carbocycles. The second-order valence-corrected chi connectivity index (χ2v) is 7.23. The number of benzene rings is 2. The third-order valence-corrected chi connectivity index (χ3v) is 5.37. The standard InChI is InChI=1S/C21H19NO4S/c1-13-25-21(26-13)15-8-11-18-17(12-15)22-20(23)19(27-18)5-3-4-14-6-9-16(24-2)10-7-14/h3-13,21H,1-2H3,(H,22,23)/b4-3+,19-5+. The van der Waals surface area contributed by atoms with E-state index in [1.807, 2.05) is 67.6 Å². The van der Waals surface area contributed by atoms with Gasteiger partial charge in [0, 0.05) is 10.5 Å². The average molecular weight is 381 g/mol. The molecular weight excluding hydrogens is 362 g/mol. The quantitative estimate of drug-likeness (QED) is 0.776. The fourth-order valence-corrected chi connectivity index (χ4v) is 3.70. The van der Waals surface area contributed by atoms with E-state index in [9.17, 15) is 4.79 Å². The number of rotatable bonds is 4. The number of allylic oxidation sites excluding steroid dienone is 2. The number of fused-ring (bicyclic) bond motifs is 1. The van der Waals surface area contributed by atoms with Crippen molar-refractivity contribution in [2.45, 2.75) is 24.4 Å². The first-order valence-corrected chi connectivity index (χ1v) is 9.40. The predicted octanol–water partition coefficient (Wildman–Crippen LogP) is 4.73. The molecule has 0 spiro atoms. The lowest BCUT2D eigenvalue weighted by molar-refractivity contribution is -0.382. The maximum Gasteiger partial charge on any atom is 0.262 e. The number of carbonyl (C=O) groups excluding carboxylic acids is 1. The lowest BCUT2D eigenvalue weighted by Gasteiger charge is -2.34. The SMILES string of the molecule is COc1ccc(/C=C/C=C2/Sc3ccc(C4OC(C)O4)cc3NC2=O)cc1. The summed E-state index contributed by atoms with van der Waals surface area (Å²) in [7, 11) is 1.64. The summed E-state index contributed by atoms with van der Waals surface area (Å²) < 4.78 is 16.2. The molecule has 4 rings (SSSR count). The van der Waals surface area contributed by atoms with E-state index in [2.05, 4.69) is 5.32 Å². The third-order valence-electron chi connectivity index (χ3n) is 4.25. The van der Waals surface area contributed by atoms with Gasteiger partial charge in [0.1, 0.15) is 5.75 Å². The molecule has 0 aromatic heterocycles. The first kappa shape index (κ1) is 17.9. The normalized spacial score (nSPS) is 23.0. The number of anilines is 1. The molecular formula is C21H19NO4S. The molecule has 0 saturated carbocycles. The van der Waals surface area contributed by atoms with Crippen LogP contribution in [0.2, 0.25) is 0 Å². The van der Waals surface area contributed by atoms with Gasteiger partial charge in [-0.1, -0.05) is 42.1 Å². The third kappa shape index (κ3) is 3.93. The summed E-state index contributed by atoms with van der Waals surface area (Å²) in [4.78, 5) is 14.0.